The van der Waals surface area contributed by atoms with Crippen molar-refractivity contribution < 1.29 is 4.74 Å². The standard InChI is InChI=1S/C20H34N2O/c1-16(2)15-23-19-7-6-17(14-18(19)20(3,4)5)8-11-22-12-9-21-10-13-22/h6-7,14,16,21H,8-13,15H2,1-5H3. The molecule has 0 bridgehead atoms. The Bertz CT molecular complexity index is 485. The lowest BCUT2D eigenvalue weighted by Crippen LogP contribution is -2.44. The first-order valence-electron chi connectivity index (χ1n) is 9.05. The van der Waals surface area contributed by atoms with Crippen LogP contribution in [0.25, 0.3) is 0 Å². The fourth-order valence-electron chi connectivity index (χ4n) is 2.92. The van der Waals surface area contributed by atoms with Crippen LogP contribution >= 0.6 is 0 Å². The predicted octanol–water partition coefficient (Wildman–Crippen LogP) is 3.47. The van der Waals surface area contributed by atoms with Gasteiger partial charge in [-0.25, -0.2) is 0 Å². The topological polar surface area (TPSA) is 24.5 Å². The molecule has 130 valence electrons. The first kappa shape index (κ1) is 18.3. The highest BCUT2D eigenvalue weighted by atomic mass is 16.5. The molecule has 0 unspecified atom stereocenters. The summed E-state index contributed by atoms with van der Waals surface area (Å²) in [6.45, 7) is 17.7. The average Bonchev–Trinajstić information content (AvgIpc) is 2.51. The lowest BCUT2D eigenvalue weighted by molar-refractivity contribution is 0.243. The molecule has 1 fully saturated rings. The number of nitrogens with zero attached hydrogens (tertiary/aromatic N) is 1. The molecule has 2 rings (SSSR count). The maximum atomic E-state index is 6.06. The Morgan fingerprint density at radius 3 is 2.48 bits per heavy atom. The Labute approximate surface area is 142 Å². The molecule has 3 nitrogen and oxygen atoms in total. The Balaban J connectivity index is 2.05. The first-order valence-corrected chi connectivity index (χ1v) is 9.05. The molecule has 1 aromatic rings. The molecule has 1 N–H and O–H groups in total. The zero-order chi connectivity index (χ0) is 16.9. The van der Waals surface area contributed by atoms with Crippen LogP contribution in [0.3, 0.4) is 0 Å². The third-order valence-corrected chi connectivity index (χ3v) is 4.35. The molecule has 1 aliphatic heterocycles. The van der Waals surface area contributed by atoms with Gasteiger partial charge in [0.2, 0.25) is 0 Å². The SMILES string of the molecule is CC(C)COc1ccc(CCN2CCNCC2)cc1C(C)(C)C. The molecular weight excluding hydrogens is 284 g/mol. The molecular formula is C20H34N2O. The van der Waals surface area contributed by atoms with E-state index in [4.69, 9.17) is 4.74 Å². The molecule has 0 atom stereocenters. The van der Waals surface area contributed by atoms with Gasteiger partial charge in [0.25, 0.3) is 0 Å². The van der Waals surface area contributed by atoms with E-state index in [1.54, 1.807) is 0 Å². The van der Waals surface area contributed by atoms with Crippen molar-refractivity contribution in [3.63, 3.8) is 0 Å². The van der Waals surface area contributed by atoms with Crippen molar-refractivity contribution in [2.45, 2.75) is 46.5 Å². The van der Waals surface area contributed by atoms with E-state index in [-0.39, 0.29) is 5.41 Å². The number of nitrogens with one attached hydrogen (secondary N) is 1. The van der Waals surface area contributed by atoms with E-state index >= 15 is 0 Å². The number of hydrogen-bond donors (Lipinski definition) is 1. The molecule has 0 aliphatic carbocycles. The van der Waals surface area contributed by atoms with E-state index < -0.39 is 0 Å². The number of benzene rings is 1. The Kier molecular flexibility index (Phi) is 6.49. The number of hydrogen-bond acceptors (Lipinski definition) is 3. The monoisotopic (exact) mass is 318 g/mol. The van der Waals surface area contributed by atoms with Crippen molar-refractivity contribution in [3.8, 4) is 5.75 Å². The maximum Gasteiger partial charge on any atom is 0.123 e. The minimum atomic E-state index is 0.108. The van der Waals surface area contributed by atoms with Gasteiger partial charge in [0.1, 0.15) is 5.75 Å². The molecule has 1 aromatic carbocycles. The lowest BCUT2D eigenvalue weighted by atomic mass is 9.85. The van der Waals surface area contributed by atoms with Crippen LogP contribution in [0, 0.1) is 5.92 Å². The van der Waals surface area contributed by atoms with E-state index in [0.717, 1.165) is 38.4 Å². The van der Waals surface area contributed by atoms with Crippen LogP contribution in [0.1, 0.15) is 45.7 Å². The largest absolute Gasteiger partial charge is 0.493 e. The minimum absolute atomic E-state index is 0.108. The normalized spacial score (nSPS) is 16.8. The molecule has 1 aliphatic rings. The molecule has 0 radical (unpaired) electrons. The third kappa shape index (κ3) is 5.82. The van der Waals surface area contributed by atoms with Gasteiger partial charge in [-0.1, -0.05) is 46.8 Å². The second kappa shape index (κ2) is 8.16. The Morgan fingerprint density at radius 2 is 1.87 bits per heavy atom. The molecule has 0 amide bonds. The summed E-state index contributed by atoms with van der Waals surface area (Å²) >= 11 is 0. The van der Waals surface area contributed by atoms with Gasteiger partial charge >= 0.3 is 0 Å². The summed E-state index contributed by atoms with van der Waals surface area (Å²) < 4.78 is 6.06. The average molecular weight is 319 g/mol. The van der Waals surface area contributed by atoms with Gasteiger partial charge in [-0.15, -0.1) is 0 Å². The van der Waals surface area contributed by atoms with Gasteiger partial charge in [-0.2, -0.15) is 0 Å². The highest BCUT2D eigenvalue weighted by Crippen LogP contribution is 2.32. The summed E-state index contributed by atoms with van der Waals surface area (Å²) in [5, 5.41) is 3.41. The lowest BCUT2D eigenvalue weighted by Gasteiger charge is -2.28. The van der Waals surface area contributed by atoms with Crippen LogP contribution in [0.5, 0.6) is 5.75 Å². The van der Waals surface area contributed by atoms with Crippen LogP contribution in [-0.4, -0.2) is 44.2 Å². The van der Waals surface area contributed by atoms with Crippen LogP contribution in [-0.2, 0) is 11.8 Å². The van der Waals surface area contributed by atoms with Gasteiger partial charge in [-0.3, -0.25) is 0 Å². The second-order valence-corrected chi connectivity index (χ2v) is 8.13. The van der Waals surface area contributed by atoms with Crippen LogP contribution < -0.4 is 10.1 Å². The molecule has 0 saturated carbocycles. The maximum absolute atomic E-state index is 6.06. The van der Waals surface area contributed by atoms with Crippen molar-refractivity contribution in [1.29, 1.82) is 0 Å². The van der Waals surface area contributed by atoms with Gasteiger partial charge in [-0.05, 0) is 34.9 Å². The first-order chi connectivity index (χ1) is 10.9. The van der Waals surface area contributed by atoms with E-state index in [1.165, 1.54) is 24.2 Å². The van der Waals surface area contributed by atoms with Crippen LogP contribution in [0.4, 0.5) is 0 Å². The van der Waals surface area contributed by atoms with E-state index in [0.29, 0.717) is 5.92 Å². The zero-order valence-electron chi connectivity index (χ0n) is 15.6. The van der Waals surface area contributed by atoms with Crippen LogP contribution in [0.2, 0.25) is 0 Å². The molecule has 1 heterocycles. The third-order valence-electron chi connectivity index (χ3n) is 4.35. The van der Waals surface area contributed by atoms with Gasteiger partial charge in [0, 0.05) is 32.7 Å². The summed E-state index contributed by atoms with van der Waals surface area (Å²) in [6.07, 6.45) is 1.12. The Hall–Kier alpha value is -1.06. The summed E-state index contributed by atoms with van der Waals surface area (Å²) in [7, 11) is 0. The molecule has 1 saturated heterocycles. The smallest absolute Gasteiger partial charge is 0.123 e. The number of rotatable bonds is 6. The minimum Gasteiger partial charge on any atom is -0.493 e. The van der Waals surface area contributed by atoms with Crippen LogP contribution in [0.15, 0.2) is 18.2 Å². The zero-order valence-corrected chi connectivity index (χ0v) is 15.6. The van der Waals surface area contributed by atoms with Crippen molar-refractivity contribution in [2.24, 2.45) is 5.92 Å². The summed E-state index contributed by atoms with van der Waals surface area (Å²) in [5.74, 6) is 1.60. The van der Waals surface area contributed by atoms with Crippen molar-refractivity contribution in [3.05, 3.63) is 29.3 Å². The van der Waals surface area contributed by atoms with E-state index in [2.05, 4.69) is 63.0 Å². The number of piperazine rings is 1. The van der Waals surface area contributed by atoms with Gasteiger partial charge in [0.05, 0.1) is 6.61 Å². The summed E-state index contributed by atoms with van der Waals surface area (Å²) in [4.78, 5) is 2.55. The van der Waals surface area contributed by atoms with Gasteiger partial charge < -0.3 is 15.0 Å². The highest BCUT2D eigenvalue weighted by Gasteiger charge is 2.20. The highest BCUT2D eigenvalue weighted by molar-refractivity contribution is 5.41. The second-order valence-electron chi connectivity index (χ2n) is 8.13. The molecule has 0 spiro atoms. The van der Waals surface area contributed by atoms with Gasteiger partial charge in [0.15, 0.2) is 0 Å². The van der Waals surface area contributed by atoms with Crippen molar-refractivity contribution in [1.82, 2.24) is 10.2 Å². The molecule has 3 heteroatoms. The number of ether oxygens (including phenoxy) is 1. The molecule has 23 heavy (non-hydrogen) atoms. The van der Waals surface area contributed by atoms with Crippen molar-refractivity contribution >= 4 is 0 Å². The van der Waals surface area contributed by atoms with E-state index in [1.807, 2.05) is 0 Å². The molecule has 0 aromatic heterocycles. The summed E-state index contributed by atoms with van der Waals surface area (Å²) in [6, 6.07) is 6.78. The Morgan fingerprint density at radius 1 is 1.17 bits per heavy atom. The fourth-order valence-corrected chi connectivity index (χ4v) is 2.92. The van der Waals surface area contributed by atoms with Crippen molar-refractivity contribution in [2.75, 3.05) is 39.3 Å². The summed E-state index contributed by atoms with van der Waals surface area (Å²) in [5.41, 5.74) is 2.86. The quantitative estimate of drug-likeness (QED) is 0.869. The fraction of sp³-hybridized carbons (Fsp3) is 0.700. The predicted molar refractivity (Wildman–Crippen MR) is 98.5 cm³/mol. The van der Waals surface area contributed by atoms with E-state index in [9.17, 15) is 0 Å².